The lowest BCUT2D eigenvalue weighted by Crippen LogP contribution is -2.20. The van der Waals surface area contributed by atoms with E-state index in [2.05, 4.69) is 20.7 Å². The number of aryl methyl sites for hydroxylation is 2. The van der Waals surface area contributed by atoms with Crippen LogP contribution in [0.2, 0.25) is 0 Å². The van der Waals surface area contributed by atoms with Gasteiger partial charge in [-0.1, -0.05) is 0 Å². The number of fused-ring (bicyclic) bond motifs is 1. The Hall–Kier alpha value is -3.63. The van der Waals surface area contributed by atoms with Crippen molar-refractivity contribution >= 4 is 28.8 Å². The number of hydrogen-bond donors (Lipinski definition) is 3. The Bertz CT molecular complexity index is 1210. The summed E-state index contributed by atoms with van der Waals surface area (Å²) in [6.07, 6.45) is -4.81. The van der Waals surface area contributed by atoms with E-state index in [0.717, 1.165) is 18.2 Å². The lowest BCUT2D eigenvalue weighted by molar-refractivity contribution is -0.137. The van der Waals surface area contributed by atoms with Crippen molar-refractivity contribution < 1.29 is 22.8 Å². The first-order valence-electron chi connectivity index (χ1n) is 8.82. The number of halogens is 3. The summed E-state index contributed by atoms with van der Waals surface area (Å²) < 4.78 is 40.6. The fourth-order valence-electron chi connectivity index (χ4n) is 3.09. The third kappa shape index (κ3) is 4.34. The van der Waals surface area contributed by atoms with Crippen LogP contribution in [0.25, 0.3) is 5.65 Å². The number of carbonyl (C=O) groups excluding carboxylic acids is 2. The summed E-state index contributed by atoms with van der Waals surface area (Å²) in [5, 5.41) is 7.38. The highest BCUT2D eigenvalue weighted by atomic mass is 19.4. The molecule has 0 aliphatic heterocycles. The summed E-state index contributed by atoms with van der Waals surface area (Å²) in [4.78, 5) is 39.8. The standard InChI is InChI=1S/C19H18F3N5O3/c1-9-13(10(2)27-16(23-9)8-18(30)26-27)7-17(29)25-15-6-12(19(20,21)22)4-5-14(15)24-11(3)28/h4-6,8H,7H2,1-3H3,(H,24,28)(H,25,29)(H,26,30). The van der Waals surface area contributed by atoms with E-state index >= 15 is 0 Å². The van der Waals surface area contributed by atoms with Crippen molar-refractivity contribution in [3.63, 3.8) is 0 Å². The van der Waals surface area contributed by atoms with Gasteiger partial charge in [0.2, 0.25) is 11.8 Å². The zero-order chi connectivity index (χ0) is 22.2. The van der Waals surface area contributed by atoms with Crippen LogP contribution in [0.4, 0.5) is 24.5 Å². The molecule has 0 bridgehead atoms. The predicted octanol–water partition coefficient (Wildman–Crippen LogP) is 2.80. The molecule has 3 rings (SSSR count). The quantitative estimate of drug-likeness (QED) is 0.602. The monoisotopic (exact) mass is 421 g/mol. The number of carbonyl (C=O) groups is 2. The first kappa shape index (κ1) is 21.1. The normalized spacial score (nSPS) is 11.5. The number of benzene rings is 1. The van der Waals surface area contributed by atoms with Crippen molar-refractivity contribution in [2.75, 3.05) is 10.6 Å². The van der Waals surface area contributed by atoms with E-state index in [4.69, 9.17) is 0 Å². The van der Waals surface area contributed by atoms with E-state index in [-0.39, 0.29) is 23.4 Å². The van der Waals surface area contributed by atoms with Gasteiger partial charge in [0.25, 0.3) is 5.56 Å². The molecule has 11 heteroatoms. The van der Waals surface area contributed by atoms with Crippen molar-refractivity contribution in [1.82, 2.24) is 14.6 Å². The number of nitrogens with one attached hydrogen (secondary N) is 3. The number of H-pyrrole nitrogens is 1. The van der Waals surface area contributed by atoms with Crippen LogP contribution in [0, 0.1) is 13.8 Å². The van der Waals surface area contributed by atoms with Gasteiger partial charge in [0.15, 0.2) is 5.65 Å². The van der Waals surface area contributed by atoms with Crippen LogP contribution in [0.15, 0.2) is 29.1 Å². The number of alkyl halides is 3. The third-order valence-electron chi connectivity index (χ3n) is 4.47. The number of nitrogens with zero attached hydrogens (tertiary/aromatic N) is 2. The van der Waals surface area contributed by atoms with E-state index in [1.54, 1.807) is 13.8 Å². The van der Waals surface area contributed by atoms with Gasteiger partial charge >= 0.3 is 6.18 Å². The first-order valence-corrected chi connectivity index (χ1v) is 8.82. The van der Waals surface area contributed by atoms with Crippen molar-refractivity contribution in [3.8, 4) is 0 Å². The molecule has 2 aromatic heterocycles. The molecule has 158 valence electrons. The highest BCUT2D eigenvalue weighted by Gasteiger charge is 2.31. The molecule has 0 fully saturated rings. The highest BCUT2D eigenvalue weighted by Crippen LogP contribution is 2.34. The average molecular weight is 421 g/mol. The van der Waals surface area contributed by atoms with E-state index in [0.29, 0.717) is 22.6 Å². The Morgan fingerprint density at radius 1 is 1.13 bits per heavy atom. The van der Waals surface area contributed by atoms with Gasteiger partial charge in [0.05, 0.1) is 23.4 Å². The summed E-state index contributed by atoms with van der Waals surface area (Å²) in [6, 6.07) is 3.96. The Morgan fingerprint density at radius 2 is 1.83 bits per heavy atom. The molecule has 8 nitrogen and oxygen atoms in total. The number of hydrogen-bond acceptors (Lipinski definition) is 4. The van der Waals surface area contributed by atoms with Gasteiger partial charge in [-0.05, 0) is 32.0 Å². The second-order valence-electron chi connectivity index (χ2n) is 6.74. The number of aromatic amines is 1. The van der Waals surface area contributed by atoms with Gasteiger partial charge in [-0.25, -0.2) is 9.50 Å². The van der Waals surface area contributed by atoms with E-state index in [9.17, 15) is 27.6 Å². The minimum atomic E-state index is -4.61. The minimum Gasteiger partial charge on any atom is -0.325 e. The topological polar surface area (TPSA) is 108 Å². The Kier molecular flexibility index (Phi) is 5.38. The van der Waals surface area contributed by atoms with Gasteiger partial charge in [0.1, 0.15) is 0 Å². The molecular formula is C19H18F3N5O3. The van der Waals surface area contributed by atoms with Crippen LogP contribution in [0.1, 0.15) is 29.4 Å². The van der Waals surface area contributed by atoms with Crippen molar-refractivity contribution in [2.24, 2.45) is 0 Å². The van der Waals surface area contributed by atoms with Gasteiger partial charge < -0.3 is 10.6 Å². The molecule has 0 saturated carbocycles. The van der Waals surface area contributed by atoms with Crippen molar-refractivity contribution in [1.29, 1.82) is 0 Å². The number of amides is 2. The molecule has 0 aliphatic rings. The Morgan fingerprint density at radius 3 is 2.47 bits per heavy atom. The maximum Gasteiger partial charge on any atom is 0.416 e. The SMILES string of the molecule is CC(=O)Nc1ccc(C(F)(F)F)cc1NC(=O)Cc1c(C)nc2cc(=O)[nH]n2c1C. The van der Waals surface area contributed by atoms with Crippen LogP contribution in [-0.4, -0.2) is 26.4 Å². The minimum absolute atomic E-state index is 0.0422. The van der Waals surface area contributed by atoms with Crippen LogP contribution < -0.4 is 16.2 Å². The molecular weight excluding hydrogens is 403 g/mol. The third-order valence-corrected chi connectivity index (χ3v) is 4.47. The largest absolute Gasteiger partial charge is 0.416 e. The summed E-state index contributed by atoms with van der Waals surface area (Å²) in [6.45, 7) is 4.56. The summed E-state index contributed by atoms with van der Waals surface area (Å²) >= 11 is 0. The molecule has 2 amide bonds. The molecule has 0 saturated heterocycles. The summed E-state index contributed by atoms with van der Waals surface area (Å²) in [7, 11) is 0. The molecule has 0 atom stereocenters. The van der Waals surface area contributed by atoms with Gasteiger partial charge in [0, 0.05) is 29.9 Å². The van der Waals surface area contributed by atoms with E-state index in [1.165, 1.54) is 17.5 Å². The summed E-state index contributed by atoms with van der Waals surface area (Å²) in [5.74, 6) is -1.11. The fraction of sp³-hybridized carbons (Fsp3) is 0.263. The Balaban J connectivity index is 1.93. The van der Waals surface area contributed by atoms with Crippen molar-refractivity contribution in [3.05, 3.63) is 57.1 Å². The second kappa shape index (κ2) is 7.65. The van der Waals surface area contributed by atoms with Crippen molar-refractivity contribution in [2.45, 2.75) is 33.4 Å². The molecule has 3 N–H and O–H groups in total. The molecule has 0 unspecified atom stereocenters. The lowest BCUT2D eigenvalue weighted by Gasteiger charge is -2.16. The molecule has 0 aliphatic carbocycles. The Labute approximate surface area is 168 Å². The van der Waals surface area contributed by atoms with Crippen LogP contribution in [0.5, 0.6) is 0 Å². The molecule has 30 heavy (non-hydrogen) atoms. The fourth-order valence-corrected chi connectivity index (χ4v) is 3.09. The molecule has 2 heterocycles. The zero-order valence-corrected chi connectivity index (χ0v) is 16.3. The number of rotatable bonds is 4. The number of anilines is 2. The van der Waals surface area contributed by atoms with E-state index < -0.39 is 23.6 Å². The van der Waals surface area contributed by atoms with E-state index in [1.807, 2.05) is 0 Å². The maximum atomic E-state index is 13.1. The first-order chi connectivity index (χ1) is 14.0. The predicted molar refractivity (Wildman–Crippen MR) is 103 cm³/mol. The maximum absolute atomic E-state index is 13.1. The summed E-state index contributed by atoms with van der Waals surface area (Å²) in [5.41, 5.74) is 0.533. The highest BCUT2D eigenvalue weighted by molar-refractivity contribution is 5.99. The van der Waals surface area contributed by atoms with Crippen LogP contribution in [-0.2, 0) is 22.2 Å². The molecule has 0 spiro atoms. The molecule has 0 radical (unpaired) electrons. The molecule has 1 aromatic carbocycles. The second-order valence-corrected chi connectivity index (χ2v) is 6.74. The van der Waals surface area contributed by atoms with Crippen LogP contribution in [0.3, 0.4) is 0 Å². The smallest absolute Gasteiger partial charge is 0.325 e. The molecule has 3 aromatic rings. The average Bonchev–Trinajstić information content (AvgIpc) is 2.99. The van der Waals surface area contributed by atoms with Gasteiger partial charge in [-0.2, -0.15) is 13.2 Å². The van der Waals surface area contributed by atoms with Crippen LogP contribution >= 0.6 is 0 Å². The number of aromatic nitrogens is 3. The zero-order valence-electron chi connectivity index (χ0n) is 16.3. The van der Waals surface area contributed by atoms with Gasteiger partial charge in [-0.3, -0.25) is 19.5 Å². The van der Waals surface area contributed by atoms with Gasteiger partial charge in [-0.15, -0.1) is 0 Å². The lowest BCUT2D eigenvalue weighted by atomic mass is 10.1.